The van der Waals surface area contributed by atoms with E-state index in [-0.39, 0.29) is 0 Å². The standard InChI is InChI=1S/C6H15NOS/c1-4-7(5-2)9(8)6-3/h4-6H2,1-3H3. The van der Waals surface area contributed by atoms with Gasteiger partial charge in [0.15, 0.2) is 0 Å². The van der Waals surface area contributed by atoms with Crippen LogP contribution in [0.4, 0.5) is 0 Å². The third-order valence-corrected chi connectivity index (χ3v) is 2.83. The minimum absolute atomic E-state index is 0.731. The van der Waals surface area contributed by atoms with Crippen LogP contribution in [-0.4, -0.2) is 27.4 Å². The predicted octanol–water partition coefficient (Wildman–Crippen LogP) is 1.01. The summed E-state index contributed by atoms with van der Waals surface area (Å²) in [6.45, 7) is 7.76. The summed E-state index contributed by atoms with van der Waals surface area (Å²) in [5.74, 6) is 0.738. The lowest BCUT2D eigenvalue weighted by atomic mass is 10.7. The van der Waals surface area contributed by atoms with E-state index in [2.05, 4.69) is 0 Å². The zero-order chi connectivity index (χ0) is 7.28. The van der Waals surface area contributed by atoms with E-state index in [1.165, 1.54) is 0 Å². The van der Waals surface area contributed by atoms with Gasteiger partial charge in [-0.05, 0) is 0 Å². The first-order valence-electron chi connectivity index (χ1n) is 3.39. The highest BCUT2D eigenvalue weighted by Gasteiger charge is 2.03. The van der Waals surface area contributed by atoms with Gasteiger partial charge >= 0.3 is 0 Å². The van der Waals surface area contributed by atoms with E-state index in [0.717, 1.165) is 18.8 Å². The molecule has 0 saturated carbocycles. The molecular weight excluding hydrogens is 134 g/mol. The monoisotopic (exact) mass is 149 g/mol. The van der Waals surface area contributed by atoms with Crippen LogP contribution in [0, 0.1) is 0 Å². The molecule has 1 unspecified atom stereocenters. The molecule has 0 aliphatic rings. The van der Waals surface area contributed by atoms with Crippen LogP contribution in [0.15, 0.2) is 0 Å². The molecule has 0 N–H and O–H groups in total. The fourth-order valence-electron chi connectivity index (χ4n) is 0.694. The van der Waals surface area contributed by atoms with Crippen molar-refractivity contribution in [1.29, 1.82) is 0 Å². The lowest BCUT2D eigenvalue weighted by Gasteiger charge is -2.14. The van der Waals surface area contributed by atoms with Gasteiger partial charge in [0.05, 0.1) is 11.0 Å². The van der Waals surface area contributed by atoms with Crippen molar-refractivity contribution in [2.75, 3.05) is 18.8 Å². The van der Waals surface area contributed by atoms with Crippen LogP contribution in [0.5, 0.6) is 0 Å². The highest BCUT2D eigenvalue weighted by atomic mass is 32.2. The van der Waals surface area contributed by atoms with E-state index in [0.29, 0.717) is 0 Å². The van der Waals surface area contributed by atoms with Crippen molar-refractivity contribution in [2.45, 2.75) is 20.8 Å². The Morgan fingerprint density at radius 2 is 1.67 bits per heavy atom. The average molecular weight is 149 g/mol. The third-order valence-electron chi connectivity index (χ3n) is 1.24. The van der Waals surface area contributed by atoms with Crippen molar-refractivity contribution >= 4 is 11.0 Å². The molecule has 0 rings (SSSR count). The van der Waals surface area contributed by atoms with E-state index in [1.807, 2.05) is 25.1 Å². The van der Waals surface area contributed by atoms with Crippen LogP contribution >= 0.6 is 0 Å². The minimum atomic E-state index is -0.731. The van der Waals surface area contributed by atoms with Gasteiger partial charge in [-0.3, -0.25) is 0 Å². The Hall–Kier alpha value is 0.110. The molecule has 0 amide bonds. The molecule has 56 valence electrons. The van der Waals surface area contributed by atoms with Crippen LogP contribution in [0.25, 0.3) is 0 Å². The summed E-state index contributed by atoms with van der Waals surface area (Å²) in [7, 11) is -0.731. The van der Waals surface area contributed by atoms with Gasteiger partial charge in [-0.2, -0.15) is 0 Å². The third kappa shape index (κ3) is 2.96. The van der Waals surface area contributed by atoms with Crippen LogP contribution in [0.2, 0.25) is 0 Å². The summed E-state index contributed by atoms with van der Waals surface area (Å²) in [5.41, 5.74) is 0. The van der Waals surface area contributed by atoms with Gasteiger partial charge in [-0.25, -0.2) is 8.51 Å². The van der Waals surface area contributed by atoms with Crippen molar-refractivity contribution in [1.82, 2.24) is 4.31 Å². The molecule has 0 heterocycles. The highest BCUT2D eigenvalue weighted by Crippen LogP contribution is 1.92. The fraction of sp³-hybridized carbons (Fsp3) is 1.00. The molecule has 0 aliphatic carbocycles. The smallest absolute Gasteiger partial charge is 0.0939 e. The van der Waals surface area contributed by atoms with Gasteiger partial charge < -0.3 is 0 Å². The van der Waals surface area contributed by atoms with Crippen LogP contribution in [-0.2, 0) is 11.0 Å². The second kappa shape index (κ2) is 4.94. The molecule has 0 spiro atoms. The Morgan fingerprint density at radius 1 is 1.22 bits per heavy atom. The quantitative estimate of drug-likeness (QED) is 0.584. The van der Waals surface area contributed by atoms with Crippen molar-refractivity contribution < 1.29 is 4.21 Å². The van der Waals surface area contributed by atoms with Crippen molar-refractivity contribution in [3.05, 3.63) is 0 Å². The van der Waals surface area contributed by atoms with E-state index < -0.39 is 11.0 Å². The molecule has 9 heavy (non-hydrogen) atoms. The van der Waals surface area contributed by atoms with Gasteiger partial charge in [-0.1, -0.05) is 20.8 Å². The lowest BCUT2D eigenvalue weighted by Crippen LogP contribution is -2.26. The molecule has 0 aliphatic heterocycles. The number of hydrogen-bond acceptors (Lipinski definition) is 1. The van der Waals surface area contributed by atoms with E-state index in [1.54, 1.807) is 0 Å². The molecule has 1 atom stereocenters. The van der Waals surface area contributed by atoms with Crippen molar-refractivity contribution in [3.8, 4) is 0 Å². The first-order chi connectivity index (χ1) is 4.26. The van der Waals surface area contributed by atoms with Gasteiger partial charge in [-0.15, -0.1) is 0 Å². The normalized spacial score (nSPS) is 14.2. The van der Waals surface area contributed by atoms with Crippen LogP contribution < -0.4 is 0 Å². The minimum Gasteiger partial charge on any atom is -0.243 e. The molecule has 0 saturated heterocycles. The summed E-state index contributed by atoms with van der Waals surface area (Å²) in [4.78, 5) is 0. The molecule has 0 bridgehead atoms. The number of rotatable bonds is 4. The van der Waals surface area contributed by atoms with Crippen molar-refractivity contribution in [2.24, 2.45) is 0 Å². The summed E-state index contributed by atoms with van der Waals surface area (Å²) >= 11 is 0. The van der Waals surface area contributed by atoms with Crippen molar-refractivity contribution in [3.63, 3.8) is 0 Å². The largest absolute Gasteiger partial charge is 0.243 e. The Morgan fingerprint density at radius 3 is 1.78 bits per heavy atom. The van der Waals surface area contributed by atoms with Crippen LogP contribution in [0.1, 0.15) is 20.8 Å². The summed E-state index contributed by atoms with van der Waals surface area (Å²) in [6, 6.07) is 0. The summed E-state index contributed by atoms with van der Waals surface area (Å²) < 4.78 is 13.0. The predicted molar refractivity (Wildman–Crippen MR) is 41.6 cm³/mol. The van der Waals surface area contributed by atoms with Gasteiger partial charge in [0.25, 0.3) is 0 Å². The van der Waals surface area contributed by atoms with E-state index in [4.69, 9.17) is 0 Å². The fourth-order valence-corrected chi connectivity index (χ4v) is 1.64. The van der Waals surface area contributed by atoms with Crippen LogP contribution in [0.3, 0.4) is 0 Å². The van der Waals surface area contributed by atoms with Gasteiger partial charge in [0, 0.05) is 18.8 Å². The molecule has 0 fully saturated rings. The molecule has 2 nitrogen and oxygen atoms in total. The number of nitrogens with zero attached hydrogens (tertiary/aromatic N) is 1. The Bertz CT molecular complexity index is 91.1. The molecule has 3 heteroatoms. The Labute approximate surface area is 59.8 Å². The maximum Gasteiger partial charge on any atom is 0.0939 e. The van der Waals surface area contributed by atoms with Gasteiger partial charge in [0.2, 0.25) is 0 Å². The number of hydrogen-bond donors (Lipinski definition) is 0. The van der Waals surface area contributed by atoms with E-state index in [9.17, 15) is 4.21 Å². The molecule has 0 aromatic rings. The molecule has 0 aromatic heterocycles. The SMILES string of the molecule is CCN(CC)S(=O)CC. The highest BCUT2D eigenvalue weighted by molar-refractivity contribution is 7.82. The second-order valence-electron chi connectivity index (χ2n) is 1.72. The maximum atomic E-state index is 11.0. The lowest BCUT2D eigenvalue weighted by molar-refractivity contribution is 0.490. The molecule has 0 radical (unpaired) electrons. The first-order valence-corrected chi connectivity index (χ1v) is 4.67. The molecule has 0 aromatic carbocycles. The Balaban J connectivity index is 3.64. The molecular formula is C6H15NOS. The second-order valence-corrected chi connectivity index (χ2v) is 3.46. The topological polar surface area (TPSA) is 20.3 Å². The Kier molecular flexibility index (Phi) is 5.00. The zero-order valence-electron chi connectivity index (χ0n) is 6.39. The summed E-state index contributed by atoms with van der Waals surface area (Å²) in [5, 5.41) is 0. The average Bonchev–Trinajstić information content (AvgIpc) is 1.90. The summed E-state index contributed by atoms with van der Waals surface area (Å²) in [6.07, 6.45) is 0. The maximum absolute atomic E-state index is 11.0. The zero-order valence-corrected chi connectivity index (χ0v) is 7.20. The first kappa shape index (κ1) is 9.11. The van der Waals surface area contributed by atoms with Gasteiger partial charge in [0.1, 0.15) is 0 Å². The van der Waals surface area contributed by atoms with E-state index >= 15 is 0 Å².